The highest BCUT2D eigenvalue weighted by Crippen LogP contribution is 2.22. The molecule has 0 aliphatic rings. The van der Waals surface area contributed by atoms with Gasteiger partial charge in [-0.05, 0) is 65.3 Å². The van der Waals surface area contributed by atoms with Crippen LogP contribution in [0.15, 0.2) is 48.5 Å². The van der Waals surface area contributed by atoms with E-state index in [0.29, 0.717) is 5.56 Å². The third kappa shape index (κ3) is 9.49. The molecule has 0 aromatic heterocycles. The molecule has 11 nitrogen and oxygen atoms in total. The van der Waals surface area contributed by atoms with Gasteiger partial charge in [0.05, 0.1) is 27.9 Å². The molecule has 2 aromatic carbocycles. The van der Waals surface area contributed by atoms with Gasteiger partial charge in [-0.25, -0.2) is 9.59 Å². The van der Waals surface area contributed by atoms with E-state index in [4.69, 9.17) is 24.7 Å². The summed E-state index contributed by atoms with van der Waals surface area (Å²) in [6, 6.07) is 12.6. The van der Waals surface area contributed by atoms with Crippen molar-refractivity contribution in [1.82, 2.24) is 0 Å². The number of nitrogens with one attached hydrogen (secondary N) is 1. The molecule has 0 radical (unpaired) electrons. The van der Waals surface area contributed by atoms with E-state index in [1.807, 2.05) is 0 Å². The number of hydrogen-bond donors (Lipinski definition) is 2. The summed E-state index contributed by atoms with van der Waals surface area (Å²) < 4.78 is 20.0. The zero-order valence-corrected chi connectivity index (χ0v) is 23.6. The molecule has 0 fully saturated rings. The van der Waals surface area contributed by atoms with E-state index in [9.17, 15) is 24.0 Å². The van der Waals surface area contributed by atoms with Crippen molar-refractivity contribution >= 4 is 35.5 Å². The molecular weight excluding hydrogens is 520 g/mol. The van der Waals surface area contributed by atoms with Crippen LogP contribution in [0, 0.1) is 10.8 Å². The lowest BCUT2D eigenvalue weighted by atomic mass is 9.97. The van der Waals surface area contributed by atoms with Gasteiger partial charge in [0.15, 0.2) is 0 Å². The average Bonchev–Trinajstić information content (AvgIpc) is 2.88. The lowest BCUT2D eigenvalue weighted by molar-refractivity contribution is -0.162. The quantitative estimate of drug-likeness (QED) is 0.326. The summed E-state index contributed by atoms with van der Waals surface area (Å²) in [6.45, 7) is 8.55. The smallest absolute Gasteiger partial charge is 0.341 e. The summed E-state index contributed by atoms with van der Waals surface area (Å²) >= 11 is 0. The first-order chi connectivity index (χ1) is 18.6. The molecule has 0 aliphatic heterocycles. The molecule has 0 heterocycles. The maximum Gasteiger partial charge on any atom is 0.341 e. The minimum atomic E-state index is -0.926. The van der Waals surface area contributed by atoms with E-state index in [-0.39, 0.29) is 23.4 Å². The van der Waals surface area contributed by atoms with Crippen LogP contribution >= 0.6 is 0 Å². The van der Waals surface area contributed by atoms with Gasteiger partial charge in [-0.15, -0.1) is 0 Å². The van der Waals surface area contributed by atoms with Crippen LogP contribution in [0.2, 0.25) is 0 Å². The number of carbonyl (C=O) groups excluding carboxylic acids is 5. The summed E-state index contributed by atoms with van der Waals surface area (Å²) in [7, 11) is 0. The first kappa shape index (κ1) is 32.0. The van der Waals surface area contributed by atoms with Crippen molar-refractivity contribution in [3.63, 3.8) is 0 Å². The number of esters is 4. The van der Waals surface area contributed by atoms with Gasteiger partial charge in [-0.3, -0.25) is 14.4 Å². The molecule has 1 atom stereocenters. The molecular formula is C29H36N2O9. The van der Waals surface area contributed by atoms with Crippen LogP contribution in [0.5, 0.6) is 0 Å². The SMILES string of the molecule is CC(C)(C)C(=O)OCOC(=O)c1cc(NC(=O)C(CN)c2ccccc2)cc(C(=O)OCOC(=O)C(C)(C)C)c1. The van der Waals surface area contributed by atoms with E-state index in [0.717, 1.165) is 0 Å². The first-order valence-electron chi connectivity index (χ1n) is 12.5. The Bertz CT molecular complexity index is 1170. The fraction of sp³-hybridized carbons (Fsp3) is 0.414. The van der Waals surface area contributed by atoms with Gasteiger partial charge in [0.2, 0.25) is 19.5 Å². The predicted molar refractivity (Wildman–Crippen MR) is 145 cm³/mol. The molecule has 0 saturated carbocycles. The van der Waals surface area contributed by atoms with Crippen molar-refractivity contribution in [2.45, 2.75) is 47.5 Å². The predicted octanol–water partition coefficient (Wildman–Crippen LogP) is 3.77. The van der Waals surface area contributed by atoms with Crippen molar-refractivity contribution in [3.05, 3.63) is 65.2 Å². The van der Waals surface area contributed by atoms with E-state index in [2.05, 4.69) is 5.32 Å². The number of nitrogens with two attached hydrogens (primary N) is 1. The van der Waals surface area contributed by atoms with Crippen LogP contribution in [-0.2, 0) is 33.3 Å². The number of anilines is 1. The monoisotopic (exact) mass is 556 g/mol. The Labute approximate surface area is 233 Å². The minimum absolute atomic E-state index is 0.00473. The Morgan fingerprint density at radius 2 is 1.18 bits per heavy atom. The second kappa shape index (κ2) is 13.7. The molecule has 0 saturated heterocycles. The third-order valence-corrected chi connectivity index (χ3v) is 5.41. The van der Waals surface area contributed by atoms with Crippen LogP contribution in [0.3, 0.4) is 0 Å². The zero-order chi connectivity index (χ0) is 30.1. The highest BCUT2D eigenvalue weighted by atomic mass is 16.7. The number of amides is 1. The van der Waals surface area contributed by atoms with Crippen LogP contribution in [0.1, 0.15) is 73.7 Å². The molecule has 2 aromatic rings. The van der Waals surface area contributed by atoms with E-state index >= 15 is 0 Å². The Hall–Kier alpha value is -4.25. The molecule has 1 amide bonds. The molecule has 1 unspecified atom stereocenters. The maximum absolute atomic E-state index is 13.0. The fourth-order valence-electron chi connectivity index (χ4n) is 3.12. The highest BCUT2D eigenvalue weighted by molar-refractivity contribution is 6.01. The molecule has 11 heteroatoms. The average molecular weight is 557 g/mol. The summed E-state index contributed by atoms with van der Waals surface area (Å²) in [4.78, 5) is 62.4. The van der Waals surface area contributed by atoms with Gasteiger partial charge in [0.1, 0.15) is 0 Å². The topological polar surface area (TPSA) is 160 Å². The molecule has 2 rings (SSSR count). The Kier molecular flexibility index (Phi) is 10.9. The van der Waals surface area contributed by atoms with Crippen LogP contribution in [0.4, 0.5) is 5.69 Å². The van der Waals surface area contributed by atoms with Gasteiger partial charge in [0.25, 0.3) is 0 Å². The molecule has 0 aliphatic carbocycles. The molecule has 40 heavy (non-hydrogen) atoms. The van der Waals surface area contributed by atoms with Gasteiger partial charge >= 0.3 is 23.9 Å². The minimum Gasteiger partial charge on any atom is -0.427 e. The lowest BCUT2D eigenvalue weighted by Crippen LogP contribution is -2.27. The summed E-state index contributed by atoms with van der Waals surface area (Å²) in [5.74, 6) is -4.19. The van der Waals surface area contributed by atoms with Crippen molar-refractivity contribution in [2.75, 3.05) is 25.4 Å². The van der Waals surface area contributed by atoms with Crippen molar-refractivity contribution < 1.29 is 42.9 Å². The normalized spacial score (nSPS) is 12.1. The number of ether oxygens (including phenoxy) is 4. The standard InChI is InChI=1S/C29H36N2O9/c1-28(2,3)26(35)39-16-37-24(33)19-12-20(25(34)38-17-40-27(36)29(4,5)6)14-21(13-19)31-23(32)22(15-30)18-10-8-7-9-11-18/h7-14,22H,15-17,30H2,1-6H3,(H,31,32). The number of carbonyl (C=O) groups is 5. The van der Waals surface area contributed by atoms with Crippen LogP contribution < -0.4 is 11.1 Å². The molecule has 0 spiro atoms. The zero-order valence-electron chi connectivity index (χ0n) is 23.6. The first-order valence-corrected chi connectivity index (χ1v) is 12.5. The van der Waals surface area contributed by atoms with Crippen molar-refractivity contribution in [1.29, 1.82) is 0 Å². The highest BCUT2D eigenvalue weighted by Gasteiger charge is 2.26. The van der Waals surface area contributed by atoms with Crippen LogP contribution in [-0.4, -0.2) is 49.9 Å². The molecule has 0 bridgehead atoms. The number of benzene rings is 2. The van der Waals surface area contributed by atoms with Gasteiger partial charge in [0, 0.05) is 12.2 Å². The van der Waals surface area contributed by atoms with Gasteiger partial charge in [-0.2, -0.15) is 0 Å². The summed E-state index contributed by atoms with van der Waals surface area (Å²) in [5, 5.41) is 2.67. The number of rotatable bonds is 10. The summed E-state index contributed by atoms with van der Waals surface area (Å²) in [5.41, 5.74) is 4.73. The molecule has 3 N–H and O–H groups in total. The van der Waals surface area contributed by atoms with Crippen molar-refractivity contribution in [3.8, 4) is 0 Å². The van der Waals surface area contributed by atoms with Gasteiger partial charge in [-0.1, -0.05) is 30.3 Å². The second-order valence-corrected chi connectivity index (χ2v) is 11.0. The van der Waals surface area contributed by atoms with E-state index in [1.165, 1.54) is 18.2 Å². The Balaban J connectivity index is 2.26. The number of hydrogen-bond acceptors (Lipinski definition) is 10. The summed E-state index contributed by atoms with van der Waals surface area (Å²) in [6.07, 6.45) is 0. The second-order valence-electron chi connectivity index (χ2n) is 11.0. The maximum atomic E-state index is 13.0. The van der Waals surface area contributed by atoms with E-state index in [1.54, 1.807) is 71.9 Å². The lowest BCUT2D eigenvalue weighted by Gasteiger charge is -2.18. The Morgan fingerprint density at radius 3 is 1.57 bits per heavy atom. The third-order valence-electron chi connectivity index (χ3n) is 5.41. The Morgan fingerprint density at radius 1 is 0.725 bits per heavy atom. The fourth-order valence-corrected chi connectivity index (χ4v) is 3.12. The van der Waals surface area contributed by atoms with Gasteiger partial charge < -0.3 is 30.0 Å². The van der Waals surface area contributed by atoms with E-state index < -0.39 is 60.1 Å². The van der Waals surface area contributed by atoms with Crippen molar-refractivity contribution in [2.24, 2.45) is 16.6 Å². The largest absolute Gasteiger partial charge is 0.427 e. The molecule has 216 valence electrons. The van der Waals surface area contributed by atoms with Crippen LogP contribution in [0.25, 0.3) is 0 Å².